The molecular weight excluding hydrogens is 402 g/mol. The summed E-state index contributed by atoms with van der Waals surface area (Å²) < 4.78 is 79.6. The van der Waals surface area contributed by atoms with Crippen LogP contribution in [0.25, 0.3) is 0 Å². The number of halogens is 4. The molecule has 152 valence electrons. The maximum atomic E-state index is 14.1. The van der Waals surface area contributed by atoms with Gasteiger partial charge in [-0.25, -0.2) is 8.70 Å². The second kappa shape index (κ2) is 8.15. The number of nitrogens with one attached hydrogen (secondary N) is 1. The van der Waals surface area contributed by atoms with Crippen molar-refractivity contribution in [1.29, 1.82) is 0 Å². The lowest BCUT2D eigenvalue weighted by Crippen LogP contribution is -2.44. The van der Waals surface area contributed by atoms with Crippen LogP contribution < -0.4 is 9.62 Å². The van der Waals surface area contributed by atoms with Crippen molar-refractivity contribution in [1.82, 2.24) is 4.31 Å². The second-order valence-corrected chi connectivity index (χ2v) is 7.91. The minimum atomic E-state index is -4.72. The molecule has 0 radical (unpaired) electrons. The van der Waals surface area contributed by atoms with Crippen molar-refractivity contribution in [2.75, 3.05) is 30.3 Å². The minimum Gasteiger partial charge on any atom is -0.324 e. The van der Waals surface area contributed by atoms with E-state index in [4.69, 9.17) is 0 Å². The van der Waals surface area contributed by atoms with Gasteiger partial charge in [-0.1, -0.05) is 24.3 Å². The number of anilines is 2. The normalized spacial score (nSPS) is 12.1. The second-order valence-electron chi connectivity index (χ2n) is 5.84. The standard InChI is InChI=1S/C17H17F4N3O3S/c1-23(2)28(26,27)24(15-10-6-4-8-13(15)18)11-16(25)22-14-9-5-3-7-12(14)17(19,20)21/h3-10H,11H2,1-2H3,(H,22,25). The average Bonchev–Trinajstić information content (AvgIpc) is 2.59. The highest BCUT2D eigenvalue weighted by atomic mass is 32.2. The van der Waals surface area contributed by atoms with Crippen LogP contribution in [-0.4, -0.2) is 39.3 Å². The number of rotatable bonds is 6. The van der Waals surface area contributed by atoms with Crippen LogP contribution in [0.2, 0.25) is 0 Å². The third-order valence-corrected chi connectivity index (χ3v) is 5.46. The highest BCUT2D eigenvalue weighted by molar-refractivity contribution is 7.90. The molecule has 0 saturated carbocycles. The van der Waals surface area contributed by atoms with Gasteiger partial charge in [0.25, 0.3) is 0 Å². The Balaban J connectivity index is 2.37. The quantitative estimate of drug-likeness (QED) is 0.732. The van der Waals surface area contributed by atoms with E-state index in [0.29, 0.717) is 4.31 Å². The van der Waals surface area contributed by atoms with Crippen molar-refractivity contribution in [3.8, 4) is 0 Å². The smallest absolute Gasteiger partial charge is 0.324 e. The Morgan fingerprint density at radius 3 is 2.18 bits per heavy atom. The third kappa shape index (κ3) is 4.78. The Kier molecular flexibility index (Phi) is 6.30. The molecule has 28 heavy (non-hydrogen) atoms. The van der Waals surface area contributed by atoms with Crippen LogP contribution in [-0.2, 0) is 21.2 Å². The zero-order valence-electron chi connectivity index (χ0n) is 14.9. The van der Waals surface area contributed by atoms with E-state index in [2.05, 4.69) is 0 Å². The molecule has 0 spiro atoms. The molecule has 6 nitrogen and oxygen atoms in total. The van der Waals surface area contributed by atoms with Crippen LogP contribution in [0.15, 0.2) is 48.5 Å². The van der Waals surface area contributed by atoms with Crippen molar-refractivity contribution >= 4 is 27.5 Å². The van der Waals surface area contributed by atoms with E-state index in [1.165, 1.54) is 32.3 Å². The first-order valence-electron chi connectivity index (χ1n) is 7.85. The monoisotopic (exact) mass is 419 g/mol. The maximum absolute atomic E-state index is 14.1. The zero-order chi connectivity index (χ0) is 21.1. The fraction of sp³-hybridized carbons (Fsp3) is 0.235. The predicted molar refractivity (Wildman–Crippen MR) is 96.4 cm³/mol. The first-order chi connectivity index (χ1) is 12.9. The molecule has 0 saturated heterocycles. The number of para-hydroxylation sites is 2. The third-order valence-electron chi connectivity index (χ3n) is 3.65. The maximum Gasteiger partial charge on any atom is 0.418 e. The Morgan fingerprint density at radius 1 is 1.04 bits per heavy atom. The molecule has 0 unspecified atom stereocenters. The molecule has 2 aromatic rings. The van der Waals surface area contributed by atoms with Crippen molar-refractivity contribution in [3.63, 3.8) is 0 Å². The van der Waals surface area contributed by atoms with Gasteiger partial charge < -0.3 is 5.32 Å². The van der Waals surface area contributed by atoms with Gasteiger partial charge in [0.05, 0.1) is 16.9 Å². The van der Waals surface area contributed by atoms with Crippen LogP contribution in [0.4, 0.5) is 28.9 Å². The van der Waals surface area contributed by atoms with Crippen molar-refractivity contribution in [2.24, 2.45) is 0 Å². The van der Waals surface area contributed by atoms with Gasteiger partial charge in [0.2, 0.25) is 5.91 Å². The fourth-order valence-electron chi connectivity index (χ4n) is 2.30. The summed E-state index contributed by atoms with van der Waals surface area (Å²) >= 11 is 0. The molecule has 11 heteroatoms. The molecule has 0 aliphatic rings. The first-order valence-corrected chi connectivity index (χ1v) is 9.25. The number of benzene rings is 2. The summed E-state index contributed by atoms with van der Waals surface area (Å²) in [4.78, 5) is 12.3. The van der Waals surface area contributed by atoms with Gasteiger partial charge >= 0.3 is 16.4 Å². The number of amides is 1. The van der Waals surface area contributed by atoms with E-state index >= 15 is 0 Å². The predicted octanol–water partition coefficient (Wildman–Crippen LogP) is 3.10. The number of alkyl halides is 3. The van der Waals surface area contributed by atoms with Gasteiger partial charge in [-0.15, -0.1) is 0 Å². The first kappa shape index (κ1) is 21.6. The molecule has 0 fully saturated rings. The van der Waals surface area contributed by atoms with E-state index < -0.39 is 51.6 Å². The largest absolute Gasteiger partial charge is 0.418 e. The molecule has 0 bridgehead atoms. The van der Waals surface area contributed by atoms with E-state index in [1.54, 1.807) is 0 Å². The van der Waals surface area contributed by atoms with Crippen molar-refractivity contribution in [2.45, 2.75) is 6.18 Å². The number of hydrogen-bond donors (Lipinski definition) is 1. The minimum absolute atomic E-state index is 0.407. The molecule has 1 amide bonds. The number of carbonyl (C=O) groups excluding carboxylic acids is 1. The van der Waals surface area contributed by atoms with Gasteiger partial charge in [-0.2, -0.15) is 25.9 Å². The Hall–Kier alpha value is -2.66. The SMILES string of the molecule is CN(C)S(=O)(=O)N(CC(=O)Nc1ccccc1C(F)(F)F)c1ccccc1F. The molecule has 2 aromatic carbocycles. The van der Waals surface area contributed by atoms with Crippen LogP contribution in [0, 0.1) is 5.82 Å². The Morgan fingerprint density at radius 2 is 1.61 bits per heavy atom. The summed E-state index contributed by atoms with van der Waals surface area (Å²) in [5, 5.41) is 2.04. The molecule has 2 rings (SSSR count). The topological polar surface area (TPSA) is 69.7 Å². The van der Waals surface area contributed by atoms with E-state index in [9.17, 15) is 30.8 Å². The molecule has 0 aliphatic heterocycles. The van der Waals surface area contributed by atoms with Crippen molar-refractivity contribution in [3.05, 3.63) is 59.9 Å². The summed E-state index contributed by atoms with van der Waals surface area (Å²) in [7, 11) is -1.94. The highest BCUT2D eigenvalue weighted by Crippen LogP contribution is 2.34. The van der Waals surface area contributed by atoms with Gasteiger partial charge in [0.1, 0.15) is 12.4 Å². The van der Waals surface area contributed by atoms with Gasteiger partial charge in [-0.3, -0.25) is 4.79 Å². The van der Waals surface area contributed by atoms with Crippen LogP contribution in [0.5, 0.6) is 0 Å². The summed E-state index contributed by atoms with van der Waals surface area (Å²) in [5.41, 5.74) is -2.03. The molecule has 0 aromatic heterocycles. The highest BCUT2D eigenvalue weighted by Gasteiger charge is 2.34. The Labute approximate surface area is 159 Å². The summed E-state index contributed by atoms with van der Waals surface area (Å²) in [5.74, 6) is -1.97. The molecule has 0 heterocycles. The van der Waals surface area contributed by atoms with Crippen LogP contribution >= 0.6 is 0 Å². The number of hydrogen-bond acceptors (Lipinski definition) is 3. The zero-order valence-corrected chi connectivity index (χ0v) is 15.7. The summed E-state index contributed by atoms with van der Waals surface area (Å²) in [6.07, 6.45) is -4.72. The van der Waals surface area contributed by atoms with Crippen LogP contribution in [0.1, 0.15) is 5.56 Å². The summed E-state index contributed by atoms with van der Waals surface area (Å²) in [6.45, 7) is -0.923. The molecule has 0 aliphatic carbocycles. The average molecular weight is 419 g/mol. The lowest BCUT2D eigenvalue weighted by molar-refractivity contribution is -0.137. The summed E-state index contributed by atoms with van der Waals surface area (Å²) in [6, 6.07) is 9.11. The van der Waals surface area contributed by atoms with E-state index in [-0.39, 0.29) is 0 Å². The molecule has 1 N–H and O–H groups in total. The van der Waals surface area contributed by atoms with Crippen molar-refractivity contribution < 1.29 is 30.8 Å². The van der Waals surface area contributed by atoms with Gasteiger partial charge in [0.15, 0.2) is 0 Å². The molecular formula is C17H17F4N3O3S. The Bertz CT molecular complexity index is 962. The molecule has 0 atom stereocenters. The number of nitrogens with zero attached hydrogens (tertiary/aromatic N) is 2. The van der Waals surface area contributed by atoms with Gasteiger partial charge in [-0.05, 0) is 24.3 Å². The van der Waals surface area contributed by atoms with E-state index in [1.807, 2.05) is 5.32 Å². The lowest BCUT2D eigenvalue weighted by Gasteiger charge is -2.27. The van der Waals surface area contributed by atoms with Gasteiger partial charge in [0, 0.05) is 14.1 Å². The van der Waals surface area contributed by atoms with Crippen LogP contribution in [0.3, 0.4) is 0 Å². The lowest BCUT2D eigenvalue weighted by atomic mass is 10.1. The number of carbonyl (C=O) groups is 1. The van der Waals surface area contributed by atoms with E-state index in [0.717, 1.165) is 34.6 Å². The fourth-order valence-corrected chi connectivity index (χ4v) is 3.37.